The van der Waals surface area contributed by atoms with Gasteiger partial charge in [-0.2, -0.15) is 4.39 Å². The molecule has 0 aliphatic heterocycles. The molecular formula is C13H17F2N3O3. The second-order valence-corrected chi connectivity index (χ2v) is 5.43. The zero-order valence-electron chi connectivity index (χ0n) is 12.2. The van der Waals surface area contributed by atoms with E-state index >= 15 is 0 Å². The molecule has 0 aliphatic rings. The van der Waals surface area contributed by atoms with Gasteiger partial charge in [-0.3, -0.25) is 14.9 Å². The molecule has 0 radical (unpaired) electrons. The average molecular weight is 301 g/mol. The quantitative estimate of drug-likeness (QED) is 0.666. The molecule has 1 rings (SSSR count). The fourth-order valence-electron chi connectivity index (χ4n) is 1.40. The second-order valence-electron chi connectivity index (χ2n) is 5.43. The van der Waals surface area contributed by atoms with Gasteiger partial charge >= 0.3 is 5.69 Å². The van der Waals surface area contributed by atoms with Gasteiger partial charge in [0.1, 0.15) is 5.82 Å². The highest BCUT2D eigenvalue weighted by molar-refractivity contribution is 5.94. The molecule has 0 atom stereocenters. The van der Waals surface area contributed by atoms with E-state index in [2.05, 4.69) is 5.32 Å². The Morgan fingerprint density at radius 1 is 1.33 bits per heavy atom. The summed E-state index contributed by atoms with van der Waals surface area (Å²) in [7, 11) is 3.64. The van der Waals surface area contributed by atoms with Crippen LogP contribution in [0, 0.1) is 21.7 Å². The number of nitro benzene ring substituents is 1. The Morgan fingerprint density at radius 2 is 1.90 bits per heavy atom. The number of likely N-dealkylation sites (N-methyl/N-ethyl adjacent to an activating group) is 1. The SMILES string of the molecule is CN(C)C(C)(C)CNC(=O)c1cc(F)c([N+](=O)[O-])cc1F. The first-order valence-corrected chi connectivity index (χ1v) is 6.15. The fourth-order valence-corrected chi connectivity index (χ4v) is 1.40. The van der Waals surface area contributed by atoms with Crippen LogP contribution in [0.3, 0.4) is 0 Å². The van der Waals surface area contributed by atoms with Crippen LogP contribution >= 0.6 is 0 Å². The fraction of sp³-hybridized carbons (Fsp3) is 0.462. The van der Waals surface area contributed by atoms with Crippen molar-refractivity contribution in [3.8, 4) is 0 Å². The lowest BCUT2D eigenvalue weighted by atomic mass is 10.0. The lowest BCUT2D eigenvalue weighted by Gasteiger charge is -2.32. The van der Waals surface area contributed by atoms with Crippen molar-refractivity contribution in [1.82, 2.24) is 10.2 Å². The topological polar surface area (TPSA) is 75.5 Å². The standard InChI is InChI=1S/C13H17F2N3O3/c1-13(2,17(3)4)7-16-12(19)8-5-10(15)11(18(20)21)6-9(8)14/h5-6H,7H2,1-4H3,(H,16,19). The van der Waals surface area contributed by atoms with Gasteiger partial charge in [-0.05, 0) is 34.0 Å². The van der Waals surface area contributed by atoms with Crippen molar-refractivity contribution < 1.29 is 18.5 Å². The van der Waals surface area contributed by atoms with Crippen LogP contribution in [0.2, 0.25) is 0 Å². The number of amides is 1. The Labute approximate surface area is 120 Å². The number of hydrogen-bond acceptors (Lipinski definition) is 4. The van der Waals surface area contributed by atoms with E-state index < -0.39 is 33.7 Å². The van der Waals surface area contributed by atoms with Gasteiger partial charge in [0.05, 0.1) is 16.6 Å². The molecule has 0 heterocycles. The maximum atomic E-state index is 13.7. The molecule has 8 heteroatoms. The number of nitrogens with zero attached hydrogens (tertiary/aromatic N) is 2. The summed E-state index contributed by atoms with van der Waals surface area (Å²) in [5.41, 5.74) is -1.95. The minimum Gasteiger partial charge on any atom is -0.350 e. The van der Waals surface area contributed by atoms with E-state index in [-0.39, 0.29) is 12.1 Å². The van der Waals surface area contributed by atoms with Crippen LogP contribution in [0.15, 0.2) is 12.1 Å². The summed E-state index contributed by atoms with van der Waals surface area (Å²) >= 11 is 0. The van der Waals surface area contributed by atoms with E-state index in [0.717, 1.165) is 0 Å². The first-order valence-electron chi connectivity index (χ1n) is 6.15. The molecule has 0 bridgehead atoms. The normalized spacial score (nSPS) is 11.6. The zero-order chi connectivity index (χ0) is 16.4. The van der Waals surface area contributed by atoms with E-state index in [4.69, 9.17) is 0 Å². The molecule has 0 unspecified atom stereocenters. The molecule has 0 aliphatic carbocycles. The molecule has 0 fully saturated rings. The van der Waals surface area contributed by atoms with Crippen molar-refractivity contribution in [1.29, 1.82) is 0 Å². The van der Waals surface area contributed by atoms with Crippen LogP contribution in [-0.2, 0) is 0 Å². The van der Waals surface area contributed by atoms with Crippen molar-refractivity contribution in [3.05, 3.63) is 39.4 Å². The van der Waals surface area contributed by atoms with E-state index in [1.54, 1.807) is 0 Å². The predicted molar refractivity (Wildman–Crippen MR) is 73.1 cm³/mol. The van der Waals surface area contributed by atoms with Crippen molar-refractivity contribution in [2.24, 2.45) is 0 Å². The molecule has 0 saturated heterocycles. The Hall–Kier alpha value is -2.09. The van der Waals surface area contributed by atoms with Gasteiger partial charge in [-0.1, -0.05) is 0 Å². The molecule has 1 amide bonds. The molecule has 116 valence electrons. The number of rotatable bonds is 5. The average Bonchev–Trinajstić information content (AvgIpc) is 2.37. The third-order valence-electron chi connectivity index (χ3n) is 3.37. The Bertz CT molecular complexity index is 574. The van der Waals surface area contributed by atoms with Crippen molar-refractivity contribution >= 4 is 11.6 Å². The smallest absolute Gasteiger partial charge is 0.307 e. The van der Waals surface area contributed by atoms with Crippen LogP contribution in [-0.4, -0.2) is 41.9 Å². The summed E-state index contributed by atoms with van der Waals surface area (Å²) < 4.78 is 27.1. The lowest BCUT2D eigenvalue weighted by molar-refractivity contribution is -0.387. The minimum absolute atomic E-state index is 0.205. The van der Waals surface area contributed by atoms with Gasteiger partial charge in [-0.25, -0.2) is 4.39 Å². The summed E-state index contributed by atoms with van der Waals surface area (Å²) in [6, 6.07) is 0.937. The Kier molecular flexibility index (Phi) is 4.95. The van der Waals surface area contributed by atoms with Gasteiger partial charge in [0.2, 0.25) is 5.82 Å². The van der Waals surface area contributed by atoms with Gasteiger partial charge in [0.25, 0.3) is 5.91 Å². The van der Waals surface area contributed by atoms with Crippen molar-refractivity contribution in [2.45, 2.75) is 19.4 Å². The molecular weight excluding hydrogens is 284 g/mol. The van der Waals surface area contributed by atoms with E-state index in [9.17, 15) is 23.7 Å². The minimum atomic E-state index is -1.25. The van der Waals surface area contributed by atoms with Crippen LogP contribution in [0.25, 0.3) is 0 Å². The van der Waals surface area contributed by atoms with Gasteiger partial charge in [-0.15, -0.1) is 0 Å². The van der Waals surface area contributed by atoms with Crippen LogP contribution in [0.5, 0.6) is 0 Å². The first kappa shape index (κ1) is 17.0. The van der Waals surface area contributed by atoms with Gasteiger partial charge in [0.15, 0.2) is 0 Å². The number of carbonyl (C=O) groups excluding carboxylic acids is 1. The molecule has 1 N–H and O–H groups in total. The molecule has 1 aromatic rings. The van der Waals surface area contributed by atoms with E-state index in [1.807, 2.05) is 32.8 Å². The maximum Gasteiger partial charge on any atom is 0.307 e. The highest BCUT2D eigenvalue weighted by atomic mass is 19.1. The Morgan fingerprint density at radius 3 is 2.38 bits per heavy atom. The summed E-state index contributed by atoms with van der Waals surface area (Å²) in [4.78, 5) is 23.2. The van der Waals surface area contributed by atoms with E-state index in [0.29, 0.717) is 12.1 Å². The second kappa shape index (κ2) is 6.13. The van der Waals surface area contributed by atoms with E-state index in [1.165, 1.54) is 0 Å². The highest BCUT2D eigenvalue weighted by Crippen LogP contribution is 2.21. The molecule has 21 heavy (non-hydrogen) atoms. The molecule has 0 saturated carbocycles. The van der Waals surface area contributed by atoms with Gasteiger partial charge < -0.3 is 10.2 Å². The summed E-state index contributed by atoms with van der Waals surface area (Å²) in [5.74, 6) is -3.21. The third kappa shape index (κ3) is 3.94. The third-order valence-corrected chi connectivity index (χ3v) is 3.37. The zero-order valence-corrected chi connectivity index (χ0v) is 12.2. The number of nitrogens with one attached hydrogen (secondary N) is 1. The van der Waals surface area contributed by atoms with Gasteiger partial charge in [0, 0.05) is 12.1 Å². The molecule has 6 nitrogen and oxygen atoms in total. The lowest BCUT2D eigenvalue weighted by Crippen LogP contribution is -2.48. The summed E-state index contributed by atoms with van der Waals surface area (Å²) in [6.07, 6.45) is 0. The first-order chi connectivity index (χ1) is 9.56. The number of hydrogen-bond donors (Lipinski definition) is 1. The number of nitro groups is 1. The number of carbonyl (C=O) groups is 1. The highest BCUT2D eigenvalue weighted by Gasteiger charge is 2.25. The van der Waals surface area contributed by atoms with Crippen LogP contribution in [0.4, 0.5) is 14.5 Å². The largest absolute Gasteiger partial charge is 0.350 e. The van der Waals surface area contributed by atoms with Crippen molar-refractivity contribution in [2.75, 3.05) is 20.6 Å². The predicted octanol–water partition coefficient (Wildman–Crippen LogP) is 1.94. The number of benzene rings is 1. The molecule has 0 aromatic heterocycles. The van der Waals surface area contributed by atoms with Crippen molar-refractivity contribution in [3.63, 3.8) is 0 Å². The molecule has 1 aromatic carbocycles. The summed E-state index contributed by atoms with van der Waals surface area (Å²) in [5, 5.41) is 13.0. The Balaban J connectivity index is 2.94. The maximum absolute atomic E-state index is 13.7. The molecule has 0 spiro atoms. The summed E-state index contributed by atoms with van der Waals surface area (Å²) in [6.45, 7) is 3.93. The number of halogens is 2. The monoisotopic (exact) mass is 301 g/mol. The van der Waals surface area contributed by atoms with Crippen LogP contribution < -0.4 is 5.32 Å². The van der Waals surface area contributed by atoms with Crippen LogP contribution in [0.1, 0.15) is 24.2 Å².